The number of ether oxygens (including phenoxy) is 2. The Morgan fingerprint density at radius 1 is 1.06 bits per heavy atom. The van der Waals surface area contributed by atoms with Gasteiger partial charge in [0, 0.05) is 11.3 Å². The number of hydrogen-bond donors (Lipinski definition) is 1. The molecule has 0 bridgehead atoms. The van der Waals surface area contributed by atoms with Crippen molar-refractivity contribution >= 4 is 29.0 Å². The molecule has 0 saturated heterocycles. The monoisotopic (exact) mass is 476 g/mol. The summed E-state index contributed by atoms with van der Waals surface area (Å²) in [5.41, 5.74) is 4.13. The first-order chi connectivity index (χ1) is 16.7. The van der Waals surface area contributed by atoms with Crippen LogP contribution in [-0.2, 0) is 9.59 Å². The van der Waals surface area contributed by atoms with Crippen molar-refractivity contribution in [1.82, 2.24) is 0 Å². The second-order valence-electron chi connectivity index (χ2n) is 8.42. The van der Waals surface area contributed by atoms with Gasteiger partial charge in [-0.05, 0) is 86.0 Å². The summed E-state index contributed by atoms with van der Waals surface area (Å²) >= 11 is 0. The van der Waals surface area contributed by atoms with Crippen LogP contribution in [0.15, 0.2) is 54.6 Å². The molecule has 0 atom stereocenters. The molecule has 1 aliphatic heterocycles. The fraction of sp³-hybridized carbons (Fsp3) is 0.222. The van der Waals surface area contributed by atoms with Crippen LogP contribution in [0.3, 0.4) is 0 Å². The third-order valence-electron chi connectivity index (χ3n) is 5.78. The number of nitrogens with one attached hydrogen (secondary N) is 1. The fourth-order valence-corrected chi connectivity index (χ4v) is 3.80. The van der Waals surface area contributed by atoms with Gasteiger partial charge in [0.15, 0.2) is 19.0 Å². The van der Waals surface area contributed by atoms with Gasteiger partial charge in [0.2, 0.25) is 5.91 Å². The van der Waals surface area contributed by atoms with Crippen molar-refractivity contribution in [1.29, 1.82) is 0 Å². The first-order valence-electron chi connectivity index (χ1n) is 11.1. The zero-order chi connectivity index (χ0) is 25.1. The maximum Gasteiger partial charge on any atom is 0.265 e. The molecular formula is C27H25FN2O5. The number of rotatable bonds is 7. The maximum absolute atomic E-state index is 13.1. The summed E-state index contributed by atoms with van der Waals surface area (Å²) < 4.78 is 24.4. The summed E-state index contributed by atoms with van der Waals surface area (Å²) in [5, 5.41) is 2.63. The molecule has 3 aromatic carbocycles. The van der Waals surface area contributed by atoms with Crippen LogP contribution in [0.5, 0.6) is 11.5 Å². The molecule has 0 unspecified atom stereocenters. The van der Waals surface area contributed by atoms with Crippen molar-refractivity contribution in [3.63, 3.8) is 0 Å². The summed E-state index contributed by atoms with van der Waals surface area (Å²) in [7, 11) is 0. The van der Waals surface area contributed by atoms with E-state index in [-0.39, 0.29) is 25.5 Å². The molecule has 35 heavy (non-hydrogen) atoms. The number of carbonyl (C=O) groups excluding carboxylic acids is 3. The van der Waals surface area contributed by atoms with Gasteiger partial charge in [0.25, 0.3) is 5.91 Å². The van der Waals surface area contributed by atoms with E-state index in [4.69, 9.17) is 9.47 Å². The molecule has 0 fully saturated rings. The second-order valence-corrected chi connectivity index (χ2v) is 8.42. The molecular weight excluding hydrogens is 451 g/mol. The number of Topliss-reactive ketones (excluding diaryl/α,β-unsaturated/α-hetero) is 1. The minimum Gasteiger partial charge on any atom is -0.485 e. The molecule has 0 aromatic heterocycles. The molecule has 1 heterocycles. The van der Waals surface area contributed by atoms with E-state index in [1.807, 2.05) is 32.9 Å². The van der Waals surface area contributed by atoms with Crippen LogP contribution in [0.1, 0.15) is 27.0 Å². The van der Waals surface area contributed by atoms with Gasteiger partial charge in [-0.25, -0.2) is 4.39 Å². The number of anilines is 2. The van der Waals surface area contributed by atoms with Gasteiger partial charge in [0.1, 0.15) is 23.9 Å². The van der Waals surface area contributed by atoms with Crippen LogP contribution in [0.25, 0.3) is 0 Å². The molecule has 0 spiro atoms. The molecule has 1 aliphatic rings. The first-order valence-corrected chi connectivity index (χ1v) is 11.1. The van der Waals surface area contributed by atoms with E-state index in [1.54, 1.807) is 12.1 Å². The SMILES string of the molecule is Cc1cc(C)c(C)c(OCC(=O)c2ccc3c(c2)N(CC(=O)Nc2ccc(F)cc2)C(=O)CO3)c1. The molecule has 0 aliphatic carbocycles. The largest absolute Gasteiger partial charge is 0.485 e. The van der Waals surface area contributed by atoms with Gasteiger partial charge < -0.3 is 14.8 Å². The molecule has 7 nitrogen and oxygen atoms in total. The molecule has 180 valence electrons. The zero-order valence-corrected chi connectivity index (χ0v) is 19.7. The van der Waals surface area contributed by atoms with E-state index in [0.29, 0.717) is 28.4 Å². The third kappa shape index (κ3) is 5.48. The van der Waals surface area contributed by atoms with Gasteiger partial charge in [-0.1, -0.05) is 6.07 Å². The lowest BCUT2D eigenvalue weighted by Gasteiger charge is -2.29. The van der Waals surface area contributed by atoms with E-state index in [9.17, 15) is 18.8 Å². The molecule has 2 amide bonds. The predicted molar refractivity (Wildman–Crippen MR) is 130 cm³/mol. The summed E-state index contributed by atoms with van der Waals surface area (Å²) in [6.07, 6.45) is 0. The van der Waals surface area contributed by atoms with Crippen molar-refractivity contribution in [3.8, 4) is 11.5 Å². The van der Waals surface area contributed by atoms with E-state index in [1.165, 1.54) is 35.2 Å². The highest BCUT2D eigenvalue weighted by Gasteiger charge is 2.28. The highest BCUT2D eigenvalue weighted by molar-refractivity contribution is 6.06. The number of hydrogen-bond acceptors (Lipinski definition) is 5. The van der Waals surface area contributed by atoms with Gasteiger partial charge in [-0.2, -0.15) is 0 Å². The average Bonchev–Trinajstić information content (AvgIpc) is 2.83. The number of amides is 2. The minimum absolute atomic E-state index is 0.178. The lowest BCUT2D eigenvalue weighted by molar-refractivity contribution is -0.123. The molecule has 4 rings (SSSR count). The summed E-state index contributed by atoms with van der Waals surface area (Å²) in [6.45, 7) is 5.19. The number of nitrogens with zero attached hydrogens (tertiary/aromatic N) is 1. The number of carbonyl (C=O) groups is 3. The van der Waals surface area contributed by atoms with Crippen molar-refractivity contribution in [2.75, 3.05) is 30.0 Å². The van der Waals surface area contributed by atoms with Crippen LogP contribution in [-0.4, -0.2) is 37.4 Å². The Labute approximate surface area is 202 Å². The fourth-order valence-electron chi connectivity index (χ4n) is 3.80. The zero-order valence-electron chi connectivity index (χ0n) is 19.7. The number of ketones is 1. The summed E-state index contributed by atoms with van der Waals surface area (Å²) in [6, 6.07) is 14.0. The minimum atomic E-state index is -0.469. The van der Waals surface area contributed by atoms with Gasteiger partial charge >= 0.3 is 0 Å². The van der Waals surface area contributed by atoms with Crippen LogP contribution in [0.4, 0.5) is 15.8 Å². The Morgan fingerprint density at radius 3 is 2.54 bits per heavy atom. The van der Waals surface area contributed by atoms with Crippen molar-refractivity contribution in [3.05, 3.63) is 82.7 Å². The lowest BCUT2D eigenvalue weighted by atomic mass is 10.1. The van der Waals surface area contributed by atoms with Crippen molar-refractivity contribution < 1.29 is 28.2 Å². The number of benzene rings is 3. The summed E-state index contributed by atoms with van der Waals surface area (Å²) in [4.78, 5) is 39.3. The maximum atomic E-state index is 13.1. The van der Waals surface area contributed by atoms with Crippen LogP contribution in [0, 0.1) is 26.6 Å². The Bertz CT molecular complexity index is 1300. The summed E-state index contributed by atoms with van der Waals surface area (Å²) in [5.74, 6) is -0.552. The number of fused-ring (bicyclic) bond motifs is 1. The highest BCUT2D eigenvalue weighted by Crippen LogP contribution is 2.33. The Morgan fingerprint density at radius 2 is 1.80 bits per heavy atom. The van der Waals surface area contributed by atoms with E-state index < -0.39 is 17.6 Å². The normalized spacial score (nSPS) is 12.6. The average molecular weight is 477 g/mol. The quantitative estimate of drug-likeness (QED) is 0.512. The molecule has 1 N–H and O–H groups in total. The number of aryl methyl sites for hydroxylation is 2. The van der Waals surface area contributed by atoms with Gasteiger partial charge in [0.05, 0.1) is 5.69 Å². The Balaban J connectivity index is 1.49. The van der Waals surface area contributed by atoms with Crippen LogP contribution >= 0.6 is 0 Å². The first kappa shape index (κ1) is 23.9. The van der Waals surface area contributed by atoms with Gasteiger partial charge in [-0.3, -0.25) is 19.3 Å². The topological polar surface area (TPSA) is 84.9 Å². The Hall–Kier alpha value is -4.20. The van der Waals surface area contributed by atoms with E-state index in [2.05, 4.69) is 5.32 Å². The van der Waals surface area contributed by atoms with E-state index >= 15 is 0 Å². The second kappa shape index (κ2) is 9.97. The van der Waals surface area contributed by atoms with Crippen LogP contribution in [0.2, 0.25) is 0 Å². The smallest absolute Gasteiger partial charge is 0.265 e. The standard InChI is InChI=1S/C27H25FN2O5/c1-16-10-17(2)18(3)25(11-16)34-14-23(31)19-4-9-24-22(12-19)30(27(33)15-35-24)13-26(32)29-21-7-5-20(28)6-8-21/h4-12H,13-15H2,1-3H3,(H,29,32). The van der Waals surface area contributed by atoms with E-state index in [0.717, 1.165) is 16.7 Å². The highest BCUT2D eigenvalue weighted by atomic mass is 19.1. The number of halogens is 1. The predicted octanol–water partition coefficient (Wildman–Crippen LogP) is 4.38. The Kier molecular flexibility index (Phi) is 6.82. The van der Waals surface area contributed by atoms with Crippen molar-refractivity contribution in [2.24, 2.45) is 0 Å². The molecule has 3 aromatic rings. The van der Waals surface area contributed by atoms with Crippen LogP contribution < -0.4 is 19.7 Å². The third-order valence-corrected chi connectivity index (χ3v) is 5.78. The molecule has 8 heteroatoms. The molecule has 0 radical (unpaired) electrons. The van der Waals surface area contributed by atoms with Crippen molar-refractivity contribution in [2.45, 2.75) is 20.8 Å². The lowest BCUT2D eigenvalue weighted by Crippen LogP contribution is -2.43. The van der Waals surface area contributed by atoms with Gasteiger partial charge in [-0.15, -0.1) is 0 Å². The molecule has 0 saturated carbocycles.